The highest BCUT2D eigenvalue weighted by Gasteiger charge is 2.36. The smallest absolute Gasteiger partial charge is 0.272 e. The molecule has 3 aromatic rings. The Balaban J connectivity index is 1.76. The molecule has 0 aliphatic carbocycles. The van der Waals surface area contributed by atoms with Crippen LogP contribution in [0, 0.1) is 0 Å². The minimum atomic E-state index is -0.173. The van der Waals surface area contributed by atoms with E-state index < -0.39 is 0 Å². The summed E-state index contributed by atoms with van der Waals surface area (Å²) in [5.74, 6) is 0.0288. The molecule has 23 heavy (non-hydrogen) atoms. The Hall–Kier alpha value is -2.52. The highest BCUT2D eigenvalue weighted by molar-refractivity contribution is 6.30. The molecule has 2 heterocycles. The quantitative estimate of drug-likeness (QED) is 0.645. The fourth-order valence-corrected chi connectivity index (χ4v) is 3.34. The van der Waals surface area contributed by atoms with Gasteiger partial charge in [-0.2, -0.15) is 0 Å². The second-order valence-corrected chi connectivity index (χ2v) is 6.10. The summed E-state index contributed by atoms with van der Waals surface area (Å²) in [5.41, 5.74) is 2.81. The number of hydrogen-bond donors (Lipinski definition) is 0. The summed E-state index contributed by atoms with van der Waals surface area (Å²) in [7, 11) is 0. The standard InChI is InChI=1S/C19H15ClN2O/c1-2-18-21(12-13-7-9-15(20)10-8-13)19(23)17-11-14-5-3-4-6-16(14)22(17)18/h2-11,18H,1,12H2. The zero-order valence-corrected chi connectivity index (χ0v) is 13.2. The van der Waals surface area contributed by atoms with E-state index in [1.165, 1.54) is 0 Å². The maximum atomic E-state index is 12.8. The molecule has 4 rings (SSSR count). The topological polar surface area (TPSA) is 25.2 Å². The third-order valence-electron chi connectivity index (χ3n) is 4.29. The summed E-state index contributed by atoms with van der Waals surface area (Å²) in [5, 5.41) is 1.77. The largest absolute Gasteiger partial charge is 0.312 e. The van der Waals surface area contributed by atoms with Crippen molar-refractivity contribution in [1.82, 2.24) is 9.47 Å². The monoisotopic (exact) mass is 322 g/mol. The van der Waals surface area contributed by atoms with Gasteiger partial charge in [-0.05, 0) is 35.9 Å². The van der Waals surface area contributed by atoms with Gasteiger partial charge in [0, 0.05) is 17.0 Å². The number of rotatable bonds is 3. The molecule has 0 bridgehead atoms. The molecule has 0 radical (unpaired) electrons. The van der Waals surface area contributed by atoms with Crippen LogP contribution in [0.15, 0.2) is 67.3 Å². The van der Waals surface area contributed by atoms with Gasteiger partial charge in [-0.1, -0.05) is 48.5 Å². The Morgan fingerprint density at radius 1 is 1.13 bits per heavy atom. The number of para-hydroxylation sites is 1. The maximum absolute atomic E-state index is 12.8. The van der Waals surface area contributed by atoms with E-state index in [0.29, 0.717) is 17.3 Å². The molecule has 0 saturated heterocycles. The molecule has 3 nitrogen and oxygen atoms in total. The van der Waals surface area contributed by atoms with Gasteiger partial charge in [0.1, 0.15) is 11.9 Å². The van der Waals surface area contributed by atoms with E-state index in [2.05, 4.69) is 11.1 Å². The van der Waals surface area contributed by atoms with E-state index in [4.69, 9.17) is 11.6 Å². The van der Waals surface area contributed by atoms with Crippen molar-refractivity contribution >= 4 is 28.4 Å². The van der Waals surface area contributed by atoms with Gasteiger partial charge in [-0.15, -0.1) is 0 Å². The molecule has 0 fully saturated rings. The third kappa shape index (κ3) is 2.16. The first-order chi connectivity index (χ1) is 11.2. The second-order valence-electron chi connectivity index (χ2n) is 5.67. The summed E-state index contributed by atoms with van der Waals surface area (Å²) in [6.45, 7) is 4.46. The summed E-state index contributed by atoms with van der Waals surface area (Å²) in [4.78, 5) is 14.7. The first-order valence-corrected chi connectivity index (χ1v) is 7.85. The van der Waals surface area contributed by atoms with E-state index in [1.807, 2.05) is 65.6 Å². The van der Waals surface area contributed by atoms with Crippen LogP contribution >= 0.6 is 11.6 Å². The van der Waals surface area contributed by atoms with E-state index in [0.717, 1.165) is 16.5 Å². The fraction of sp³-hybridized carbons (Fsp3) is 0.105. The van der Waals surface area contributed by atoms with Crippen molar-refractivity contribution in [2.24, 2.45) is 0 Å². The third-order valence-corrected chi connectivity index (χ3v) is 4.54. The van der Waals surface area contributed by atoms with Crippen LogP contribution in [0.5, 0.6) is 0 Å². The lowest BCUT2D eigenvalue weighted by Crippen LogP contribution is -2.27. The lowest BCUT2D eigenvalue weighted by Gasteiger charge is -2.23. The van der Waals surface area contributed by atoms with Crippen LogP contribution in [0.1, 0.15) is 22.2 Å². The number of carbonyl (C=O) groups is 1. The van der Waals surface area contributed by atoms with Gasteiger partial charge in [0.2, 0.25) is 0 Å². The zero-order valence-electron chi connectivity index (χ0n) is 12.4. The molecule has 0 N–H and O–H groups in total. The highest BCUT2D eigenvalue weighted by Crippen LogP contribution is 2.35. The Labute approximate surface area is 139 Å². The fourth-order valence-electron chi connectivity index (χ4n) is 3.22. The van der Waals surface area contributed by atoms with E-state index in [-0.39, 0.29) is 12.1 Å². The summed E-state index contributed by atoms with van der Waals surface area (Å²) in [6, 6.07) is 17.6. The minimum Gasteiger partial charge on any atom is -0.312 e. The highest BCUT2D eigenvalue weighted by atomic mass is 35.5. The number of hydrogen-bond acceptors (Lipinski definition) is 1. The predicted octanol–water partition coefficient (Wildman–Crippen LogP) is 4.64. The zero-order chi connectivity index (χ0) is 16.0. The lowest BCUT2D eigenvalue weighted by atomic mass is 10.2. The predicted molar refractivity (Wildman–Crippen MR) is 92.5 cm³/mol. The van der Waals surface area contributed by atoms with Gasteiger partial charge in [-0.25, -0.2) is 0 Å². The molecule has 1 aliphatic rings. The Morgan fingerprint density at radius 3 is 2.61 bits per heavy atom. The molecule has 114 valence electrons. The Morgan fingerprint density at radius 2 is 1.87 bits per heavy atom. The minimum absolute atomic E-state index is 0.0288. The molecule has 1 aromatic heterocycles. The second kappa shape index (κ2) is 5.28. The summed E-state index contributed by atoms with van der Waals surface area (Å²) < 4.78 is 2.06. The van der Waals surface area contributed by atoms with E-state index >= 15 is 0 Å². The number of carbonyl (C=O) groups excluding carboxylic acids is 1. The van der Waals surface area contributed by atoms with Gasteiger partial charge in [0.15, 0.2) is 0 Å². The summed E-state index contributed by atoms with van der Waals surface area (Å²) in [6.07, 6.45) is 1.64. The van der Waals surface area contributed by atoms with E-state index in [9.17, 15) is 4.79 Å². The summed E-state index contributed by atoms with van der Waals surface area (Å²) >= 11 is 5.93. The van der Waals surface area contributed by atoms with Crippen LogP contribution < -0.4 is 0 Å². The number of aromatic nitrogens is 1. The normalized spacial score (nSPS) is 16.8. The number of fused-ring (bicyclic) bond motifs is 3. The van der Waals surface area contributed by atoms with Crippen LogP contribution in [0.3, 0.4) is 0 Å². The average molecular weight is 323 g/mol. The van der Waals surface area contributed by atoms with Gasteiger partial charge in [0.25, 0.3) is 5.91 Å². The lowest BCUT2D eigenvalue weighted by molar-refractivity contribution is 0.0724. The molecule has 2 aromatic carbocycles. The first kappa shape index (κ1) is 14.1. The van der Waals surface area contributed by atoms with Gasteiger partial charge in [-0.3, -0.25) is 4.79 Å². The van der Waals surface area contributed by atoms with Gasteiger partial charge >= 0.3 is 0 Å². The maximum Gasteiger partial charge on any atom is 0.272 e. The van der Waals surface area contributed by atoms with Crippen LogP contribution in [0.2, 0.25) is 5.02 Å². The van der Waals surface area contributed by atoms with Crippen molar-refractivity contribution in [3.05, 3.63) is 83.5 Å². The van der Waals surface area contributed by atoms with Crippen molar-refractivity contribution in [2.75, 3.05) is 0 Å². The number of nitrogens with zero attached hydrogens (tertiary/aromatic N) is 2. The molecular formula is C19H15ClN2O. The van der Waals surface area contributed by atoms with Crippen LogP contribution in [0.25, 0.3) is 10.9 Å². The van der Waals surface area contributed by atoms with Crippen LogP contribution in [0.4, 0.5) is 0 Å². The Kier molecular flexibility index (Phi) is 3.24. The molecule has 1 unspecified atom stereocenters. The SMILES string of the molecule is C=CC1N(Cc2ccc(Cl)cc2)C(=O)c2cc3ccccc3n21. The molecule has 4 heteroatoms. The van der Waals surface area contributed by atoms with Gasteiger partial charge < -0.3 is 9.47 Å². The molecule has 0 spiro atoms. The molecule has 0 saturated carbocycles. The number of amides is 1. The molecule has 1 atom stereocenters. The van der Waals surface area contributed by atoms with Crippen molar-refractivity contribution < 1.29 is 4.79 Å². The average Bonchev–Trinajstić information content (AvgIpc) is 3.06. The van der Waals surface area contributed by atoms with Crippen molar-refractivity contribution in [3.8, 4) is 0 Å². The van der Waals surface area contributed by atoms with E-state index in [1.54, 1.807) is 0 Å². The molecular weight excluding hydrogens is 308 g/mol. The van der Waals surface area contributed by atoms with Gasteiger partial charge in [0.05, 0.1) is 5.52 Å². The molecule has 1 aliphatic heterocycles. The number of benzene rings is 2. The number of halogens is 1. The Bertz CT molecular complexity index is 911. The van der Waals surface area contributed by atoms with Crippen molar-refractivity contribution in [1.29, 1.82) is 0 Å². The van der Waals surface area contributed by atoms with Crippen LogP contribution in [-0.2, 0) is 6.54 Å². The molecule has 1 amide bonds. The van der Waals surface area contributed by atoms with Crippen molar-refractivity contribution in [2.45, 2.75) is 12.7 Å². The van der Waals surface area contributed by atoms with Crippen LogP contribution in [-0.4, -0.2) is 15.4 Å². The van der Waals surface area contributed by atoms with Crippen molar-refractivity contribution in [3.63, 3.8) is 0 Å². The first-order valence-electron chi connectivity index (χ1n) is 7.47.